The van der Waals surface area contributed by atoms with Gasteiger partial charge in [-0.15, -0.1) is 0 Å². The minimum Gasteiger partial charge on any atom is -0.338 e. The maximum Gasteiger partial charge on any atom is 0.273 e. The van der Waals surface area contributed by atoms with E-state index in [1.165, 1.54) is 10.6 Å². The van der Waals surface area contributed by atoms with Crippen molar-refractivity contribution in [2.45, 2.75) is 0 Å². The number of hydrogen-bond donors (Lipinski definition) is 1. The van der Waals surface area contributed by atoms with E-state index >= 15 is 0 Å². The number of aromatic amines is 1. The van der Waals surface area contributed by atoms with Crippen molar-refractivity contribution >= 4 is 39.1 Å². The summed E-state index contributed by atoms with van der Waals surface area (Å²) in [4.78, 5) is 31.3. The van der Waals surface area contributed by atoms with Crippen LogP contribution in [0.3, 0.4) is 0 Å². The number of nitrogens with zero attached hydrogens (tertiary/aromatic N) is 3. The lowest BCUT2D eigenvalue weighted by atomic mass is 10.0. The molecule has 1 aromatic carbocycles. The van der Waals surface area contributed by atoms with Gasteiger partial charge in [-0.05, 0) is 28.1 Å². The molecule has 6 nitrogen and oxygen atoms in total. The van der Waals surface area contributed by atoms with Gasteiger partial charge in [0.15, 0.2) is 5.65 Å². The van der Waals surface area contributed by atoms with E-state index in [0.717, 1.165) is 0 Å². The second-order valence-electron chi connectivity index (χ2n) is 6.18. The van der Waals surface area contributed by atoms with E-state index in [0.29, 0.717) is 34.0 Å². The summed E-state index contributed by atoms with van der Waals surface area (Å²) in [5.41, 5.74) is 1.30. The Kier molecular flexibility index (Phi) is 4.32. The highest BCUT2D eigenvalue weighted by atomic mass is 79.9. The summed E-state index contributed by atoms with van der Waals surface area (Å²) in [5.74, 6) is -0.413. The number of fused-ring (bicyclic) bond motifs is 1. The van der Waals surface area contributed by atoms with Crippen molar-refractivity contribution in [3.05, 3.63) is 55.9 Å². The van der Waals surface area contributed by atoms with Crippen molar-refractivity contribution in [2.24, 2.45) is 5.92 Å². The van der Waals surface area contributed by atoms with Crippen LogP contribution in [0.2, 0.25) is 5.02 Å². The first-order valence-electron chi connectivity index (χ1n) is 7.90. The molecule has 0 aliphatic carbocycles. The predicted molar refractivity (Wildman–Crippen MR) is 99.3 cm³/mol. The molecule has 0 spiro atoms. The summed E-state index contributed by atoms with van der Waals surface area (Å²) in [6.07, 6.45) is 0. The zero-order valence-electron chi connectivity index (χ0n) is 13.4. The largest absolute Gasteiger partial charge is 0.338 e. The molecule has 0 atom stereocenters. The quantitative estimate of drug-likeness (QED) is 0.681. The zero-order valence-corrected chi connectivity index (χ0v) is 15.7. The number of rotatable bonds is 3. The summed E-state index contributed by atoms with van der Waals surface area (Å²) < 4.78 is 14.2. The van der Waals surface area contributed by atoms with Crippen LogP contribution in [0.5, 0.6) is 0 Å². The Bertz CT molecular complexity index is 1060. The van der Waals surface area contributed by atoms with Crippen molar-refractivity contribution in [3.8, 4) is 11.3 Å². The van der Waals surface area contributed by atoms with Crippen molar-refractivity contribution in [1.82, 2.24) is 19.5 Å². The molecule has 0 bridgehead atoms. The number of likely N-dealkylation sites (tertiary alicyclic amines) is 1. The molecular formula is C17H13BrClFN4O2. The van der Waals surface area contributed by atoms with Crippen molar-refractivity contribution < 1.29 is 9.18 Å². The van der Waals surface area contributed by atoms with Crippen LogP contribution in [0.4, 0.5) is 4.39 Å². The summed E-state index contributed by atoms with van der Waals surface area (Å²) in [6, 6.07) is 8.31. The zero-order chi connectivity index (χ0) is 18.4. The van der Waals surface area contributed by atoms with Crippen molar-refractivity contribution in [1.29, 1.82) is 0 Å². The summed E-state index contributed by atoms with van der Waals surface area (Å²) in [7, 11) is 0. The SMILES string of the molecule is O=C(c1c(Br)[nH]n2c(=O)cc(-c3ccc(Cl)cc3)nc12)N1CC(CF)C1. The van der Waals surface area contributed by atoms with Crippen molar-refractivity contribution in [3.63, 3.8) is 0 Å². The van der Waals surface area contributed by atoms with Crippen LogP contribution >= 0.6 is 27.5 Å². The number of benzene rings is 1. The molecule has 26 heavy (non-hydrogen) atoms. The fourth-order valence-corrected chi connectivity index (χ4v) is 3.61. The number of alkyl halides is 1. The summed E-state index contributed by atoms with van der Waals surface area (Å²) >= 11 is 9.20. The maximum absolute atomic E-state index is 12.8. The molecule has 134 valence electrons. The molecule has 4 rings (SSSR count). The standard InChI is InChI=1S/C17H13BrClFN4O2/c18-15-14(17(26)23-7-9(6-20)8-23)16-21-12(5-13(25)24(16)22-15)10-1-3-11(19)4-2-10/h1-5,9,22H,6-8H2. The van der Waals surface area contributed by atoms with E-state index in [1.54, 1.807) is 29.2 Å². The second-order valence-corrected chi connectivity index (χ2v) is 7.41. The summed E-state index contributed by atoms with van der Waals surface area (Å²) in [6.45, 7) is 0.275. The van der Waals surface area contributed by atoms with Crippen LogP contribution in [0.25, 0.3) is 16.9 Å². The molecule has 1 saturated heterocycles. The van der Waals surface area contributed by atoms with Gasteiger partial charge in [0.25, 0.3) is 11.5 Å². The third-order valence-corrected chi connectivity index (χ3v) is 5.21. The van der Waals surface area contributed by atoms with Crippen LogP contribution in [0, 0.1) is 5.92 Å². The monoisotopic (exact) mass is 438 g/mol. The molecular weight excluding hydrogens is 427 g/mol. The molecule has 3 aromatic rings. The Morgan fingerprint density at radius 1 is 1.35 bits per heavy atom. The van der Waals surface area contributed by atoms with E-state index in [9.17, 15) is 14.0 Å². The van der Waals surface area contributed by atoms with Crippen LogP contribution in [-0.4, -0.2) is 45.2 Å². The van der Waals surface area contributed by atoms with Gasteiger partial charge in [-0.1, -0.05) is 23.7 Å². The van der Waals surface area contributed by atoms with Gasteiger partial charge in [0.2, 0.25) is 0 Å². The fraction of sp³-hybridized carbons (Fsp3) is 0.235. The van der Waals surface area contributed by atoms with Crippen LogP contribution in [0.1, 0.15) is 10.4 Å². The average molecular weight is 440 g/mol. The molecule has 1 N–H and O–H groups in total. The Hall–Kier alpha value is -2.19. The number of H-pyrrole nitrogens is 1. The van der Waals surface area contributed by atoms with Crippen LogP contribution in [0.15, 0.2) is 39.7 Å². The first-order chi connectivity index (χ1) is 12.5. The molecule has 2 aromatic heterocycles. The third kappa shape index (κ3) is 2.83. The maximum atomic E-state index is 12.8. The van der Waals surface area contributed by atoms with Crippen LogP contribution in [-0.2, 0) is 0 Å². The minimum atomic E-state index is -0.447. The van der Waals surface area contributed by atoms with E-state index in [1.807, 2.05) is 0 Å². The Labute approximate surface area is 160 Å². The average Bonchev–Trinajstić information content (AvgIpc) is 2.91. The van der Waals surface area contributed by atoms with Gasteiger partial charge in [0.05, 0.1) is 12.4 Å². The molecule has 3 heterocycles. The first kappa shape index (κ1) is 17.2. The number of nitrogens with one attached hydrogen (secondary N) is 1. The molecule has 0 radical (unpaired) electrons. The summed E-state index contributed by atoms with van der Waals surface area (Å²) in [5, 5.41) is 3.38. The number of hydrogen-bond acceptors (Lipinski definition) is 3. The second kappa shape index (κ2) is 6.51. The van der Waals surface area contributed by atoms with E-state index < -0.39 is 6.67 Å². The topological polar surface area (TPSA) is 70.5 Å². The molecule has 1 amide bonds. The molecule has 1 aliphatic heterocycles. The molecule has 1 fully saturated rings. The van der Waals surface area contributed by atoms with Gasteiger partial charge in [0, 0.05) is 35.7 Å². The lowest BCUT2D eigenvalue weighted by Crippen LogP contribution is -2.50. The van der Waals surface area contributed by atoms with Gasteiger partial charge in [-0.3, -0.25) is 19.1 Å². The smallest absolute Gasteiger partial charge is 0.273 e. The Balaban J connectivity index is 1.81. The molecule has 9 heteroatoms. The van der Waals surface area contributed by atoms with E-state index in [4.69, 9.17) is 11.6 Å². The highest BCUT2D eigenvalue weighted by molar-refractivity contribution is 9.10. The van der Waals surface area contributed by atoms with Gasteiger partial charge >= 0.3 is 0 Å². The third-order valence-electron chi connectivity index (χ3n) is 4.39. The van der Waals surface area contributed by atoms with Gasteiger partial charge in [-0.25, -0.2) is 4.98 Å². The lowest BCUT2D eigenvalue weighted by molar-refractivity contribution is 0.0453. The van der Waals surface area contributed by atoms with Gasteiger partial charge < -0.3 is 4.90 Å². The highest BCUT2D eigenvalue weighted by Gasteiger charge is 2.34. The molecule has 0 saturated carbocycles. The van der Waals surface area contributed by atoms with E-state index in [2.05, 4.69) is 26.0 Å². The van der Waals surface area contributed by atoms with E-state index in [-0.39, 0.29) is 28.6 Å². The highest BCUT2D eigenvalue weighted by Crippen LogP contribution is 2.27. The van der Waals surface area contributed by atoms with Crippen molar-refractivity contribution in [2.75, 3.05) is 19.8 Å². The molecule has 1 aliphatic rings. The number of aromatic nitrogens is 3. The number of carbonyl (C=O) groups is 1. The first-order valence-corrected chi connectivity index (χ1v) is 9.07. The number of amides is 1. The van der Waals surface area contributed by atoms with Gasteiger partial charge in [0.1, 0.15) is 10.2 Å². The normalized spacial score (nSPS) is 14.7. The van der Waals surface area contributed by atoms with Gasteiger partial charge in [-0.2, -0.15) is 4.52 Å². The Morgan fingerprint density at radius 3 is 2.69 bits per heavy atom. The minimum absolute atomic E-state index is 0.122. The lowest BCUT2D eigenvalue weighted by Gasteiger charge is -2.37. The number of halogens is 3. The number of carbonyl (C=O) groups excluding carboxylic acids is 1. The Morgan fingerprint density at radius 2 is 2.04 bits per heavy atom. The molecule has 0 unspecified atom stereocenters. The van der Waals surface area contributed by atoms with Crippen LogP contribution < -0.4 is 5.56 Å². The fourth-order valence-electron chi connectivity index (χ4n) is 2.96. The predicted octanol–water partition coefficient (Wildman–Crippen LogP) is 3.15.